The summed E-state index contributed by atoms with van der Waals surface area (Å²) in [5.41, 5.74) is 2.74. The van der Waals surface area contributed by atoms with Crippen LogP contribution in [0.4, 0.5) is 4.39 Å². The highest BCUT2D eigenvalue weighted by Gasteiger charge is 2.13. The Morgan fingerprint density at radius 2 is 2.04 bits per heavy atom. The molecule has 0 aliphatic heterocycles. The van der Waals surface area contributed by atoms with Crippen molar-refractivity contribution in [3.05, 3.63) is 59.8 Å². The standard InChI is InChI=1S/C17H18FN5O/c1-11(2)24-17-12(3)16(20-9-21-17)6-13-4-5-14(7-15(13)18)23-10-19-8-22-23/h4-5,7-11H,6H2,1-3H3. The zero-order valence-corrected chi connectivity index (χ0v) is 13.8. The van der Waals surface area contributed by atoms with E-state index in [-0.39, 0.29) is 11.9 Å². The second-order valence-corrected chi connectivity index (χ2v) is 5.71. The van der Waals surface area contributed by atoms with E-state index < -0.39 is 0 Å². The predicted octanol–water partition coefficient (Wildman–Crippen LogP) is 2.88. The molecule has 0 bridgehead atoms. The molecule has 3 rings (SSSR count). The van der Waals surface area contributed by atoms with E-state index in [0.717, 1.165) is 11.3 Å². The van der Waals surface area contributed by atoms with Gasteiger partial charge in [0.05, 0.1) is 17.5 Å². The lowest BCUT2D eigenvalue weighted by molar-refractivity contribution is 0.230. The van der Waals surface area contributed by atoms with Gasteiger partial charge in [-0.05, 0) is 38.5 Å². The monoisotopic (exact) mass is 327 g/mol. The number of rotatable bonds is 5. The molecule has 0 fully saturated rings. The van der Waals surface area contributed by atoms with Gasteiger partial charge in [0.2, 0.25) is 5.88 Å². The van der Waals surface area contributed by atoms with Gasteiger partial charge in [-0.2, -0.15) is 5.10 Å². The highest BCUT2D eigenvalue weighted by atomic mass is 19.1. The molecule has 6 nitrogen and oxygen atoms in total. The first-order valence-corrected chi connectivity index (χ1v) is 7.65. The van der Waals surface area contributed by atoms with E-state index >= 15 is 0 Å². The lowest BCUT2D eigenvalue weighted by Gasteiger charge is -2.13. The van der Waals surface area contributed by atoms with Gasteiger partial charge in [-0.1, -0.05) is 6.07 Å². The van der Waals surface area contributed by atoms with E-state index in [4.69, 9.17) is 4.74 Å². The Kier molecular flexibility index (Phi) is 4.50. The quantitative estimate of drug-likeness (QED) is 0.721. The maximum Gasteiger partial charge on any atom is 0.219 e. The lowest BCUT2D eigenvalue weighted by atomic mass is 10.1. The fourth-order valence-corrected chi connectivity index (χ4v) is 2.33. The zero-order valence-electron chi connectivity index (χ0n) is 13.8. The molecule has 2 heterocycles. The summed E-state index contributed by atoms with van der Waals surface area (Å²) in [4.78, 5) is 12.3. The van der Waals surface area contributed by atoms with Gasteiger partial charge in [0.1, 0.15) is 24.8 Å². The molecular weight excluding hydrogens is 309 g/mol. The van der Waals surface area contributed by atoms with Gasteiger partial charge in [-0.3, -0.25) is 0 Å². The van der Waals surface area contributed by atoms with E-state index in [1.54, 1.807) is 12.1 Å². The number of hydrogen-bond acceptors (Lipinski definition) is 5. The molecule has 0 unspecified atom stereocenters. The largest absolute Gasteiger partial charge is 0.475 e. The topological polar surface area (TPSA) is 65.7 Å². The molecule has 0 aliphatic rings. The minimum atomic E-state index is -0.313. The summed E-state index contributed by atoms with van der Waals surface area (Å²) in [6, 6.07) is 4.97. The van der Waals surface area contributed by atoms with Crippen molar-refractivity contribution >= 4 is 0 Å². The van der Waals surface area contributed by atoms with E-state index in [9.17, 15) is 4.39 Å². The van der Waals surface area contributed by atoms with Crippen LogP contribution < -0.4 is 4.74 Å². The predicted molar refractivity (Wildman–Crippen MR) is 86.7 cm³/mol. The van der Waals surface area contributed by atoms with Crippen molar-refractivity contribution in [3.63, 3.8) is 0 Å². The van der Waals surface area contributed by atoms with E-state index in [0.29, 0.717) is 23.6 Å². The summed E-state index contributed by atoms with van der Waals surface area (Å²) in [5, 5.41) is 4.00. The summed E-state index contributed by atoms with van der Waals surface area (Å²) in [6.45, 7) is 5.75. The van der Waals surface area contributed by atoms with Crippen LogP contribution in [0.15, 0.2) is 37.2 Å². The van der Waals surface area contributed by atoms with Crippen LogP contribution in [0.5, 0.6) is 5.88 Å². The van der Waals surface area contributed by atoms with Crippen LogP contribution in [-0.2, 0) is 6.42 Å². The number of ether oxygens (including phenoxy) is 1. The number of benzene rings is 1. The second kappa shape index (κ2) is 6.74. The fraction of sp³-hybridized carbons (Fsp3) is 0.294. The van der Waals surface area contributed by atoms with Crippen molar-refractivity contribution in [3.8, 4) is 11.6 Å². The molecule has 0 aliphatic carbocycles. The van der Waals surface area contributed by atoms with Gasteiger partial charge < -0.3 is 4.74 Å². The number of aromatic nitrogens is 5. The lowest BCUT2D eigenvalue weighted by Crippen LogP contribution is -2.10. The first-order chi connectivity index (χ1) is 11.5. The smallest absolute Gasteiger partial charge is 0.219 e. The zero-order chi connectivity index (χ0) is 17.1. The summed E-state index contributed by atoms with van der Waals surface area (Å²) in [6.07, 6.45) is 4.77. The molecule has 124 valence electrons. The van der Waals surface area contributed by atoms with Crippen LogP contribution in [0, 0.1) is 12.7 Å². The fourth-order valence-electron chi connectivity index (χ4n) is 2.33. The molecule has 0 radical (unpaired) electrons. The Balaban J connectivity index is 1.86. The van der Waals surface area contributed by atoms with E-state index in [2.05, 4.69) is 20.1 Å². The SMILES string of the molecule is Cc1c(Cc2ccc(-n3cncn3)cc2F)ncnc1OC(C)C. The summed E-state index contributed by atoms with van der Waals surface area (Å²) in [5.74, 6) is 0.224. The van der Waals surface area contributed by atoms with Gasteiger partial charge in [-0.15, -0.1) is 0 Å². The maximum atomic E-state index is 14.4. The Bertz CT molecular complexity index is 833. The van der Waals surface area contributed by atoms with Crippen molar-refractivity contribution in [1.82, 2.24) is 24.7 Å². The third kappa shape index (κ3) is 3.40. The van der Waals surface area contributed by atoms with E-state index in [1.165, 1.54) is 29.7 Å². The van der Waals surface area contributed by atoms with Gasteiger partial charge in [0, 0.05) is 12.0 Å². The first-order valence-electron chi connectivity index (χ1n) is 7.65. The minimum Gasteiger partial charge on any atom is -0.475 e. The minimum absolute atomic E-state index is 0.0187. The molecular formula is C17H18FN5O. The average molecular weight is 327 g/mol. The van der Waals surface area contributed by atoms with Gasteiger partial charge in [-0.25, -0.2) is 24.0 Å². The van der Waals surface area contributed by atoms with Gasteiger partial charge in [0.25, 0.3) is 0 Å². The molecule has 3 aromatic rings. The Hall–Kier alpha value is -2.83. The third-order valence-electron chi connectivity index (χ3n) is 3.57. The Morgan fingerprint density at radius 3 is 2.71 bits per heavy atom. The van der Waals surface area contributed by atoms with Crippen molar-refractivity contribution in [2.75, 3.05) is 0 Å². The molecule has 1 aromatic carbocycles. The van der Waals surface area contributed by atoms with Crippen LogP contribution in [0.3, 0.4) is 0 Å². The molecule has 2 aromatic heterocycles. The molecule has 7 heteroatoms. The van der Waals surface area contributed by atoms with Crippen LogP contribution in [0.2, 0.25) is 0 Å². The van der Waals surface area contributed by atoms with Crippen LogP contribution in [-0.4, -0.2) is 30.8 Å². The molecule has 0 saturated carbocycles. The normalized spacial score (nSPS) is 11.0. The van der Waals surface area contributed by atoms with Crippen LogP contribution >= 0.6 is 0 Å². The number of halogens is 1. The molecule has 0 amide bonds. The van der Waals surface area contributed by atoms with Crippen molar-refractivity contribution in [1.29, 1.82) is 0 Å². The number of hydrogen-bond donors (Lipinski definition) is 0. The maximum absolute atomic E-state index is 14.4. The number of nitrogens with zero attached hydrogens (tertiary/aromatic N) is 5. The highest BCUT2D eigenvalue weighted by Crippen LogP contribution is 2.22. The Labute approximate surface area is 139 Å². The first kappa shape index (κ1) is 16.0. The Morgan fingerprint density at radius 1 is 1.21 bits per heavy atom. The highest BCUT2D eigenvalue weighted by molar-refractivity contribution is 5.38. The summed E-state index contributed by atoms with van der Waals surface area (Å²) in [7, 11) is 0. The van der Waals surface area contributed by atoms with Gasteiger partial charge in [0.15, 0.2) is 0 Å². The molecule has 0 saturated heterocycles. The summed E-state index contributed by atoms with van der Waals surface area (Å²) >= 11 is 0. The van der Waals surface area contributed by atoms with Crippen molar-refractivity contribution in [2.24, 2.45) is 0 Å². The van der Waals surface area contributed by atoms with E-state index in [1.807, 2.05) is 20.8 Å². The third-order valence-corrected chi connectivity index (χ3v) is 3.57. The molecule has 24 heavy (non-hydrogen) atoms. The summed E-state index contributed by atoms with van der Waals surface area (Å²) < 4.78 is 21.6. The van der Waals surface area contributed by atoms with Crippen molar-refractivity contribution < 1.29 is 9.13 Å². The van der Waals surface area contributed by atoms with Crippen LogP contribution in [0.25, 0.3) is 5.69 Å². The molecule has 0 atom stereocenters. The van der Waals surface area contributed by atoms with Crippen molar-refractivity contribution in [2.45, 2.75) is 33.3 Å². The molecule has 0 N–H and O–H groups in total. The molecule has 0 spiro atoms. The average Bonchev–Trinajstić information content (AvgIpc) is 3.07. The van der Waals surface area contributed by atoms with Gasteiger partial charge >= 0.3 is 0 Å². The van der Waals surface area contributed by atoms with Crippen LogP contribution in [0.1, 0.15) is 30.7 Å². The second-order valence-electron chi connectivity index (χ2n) is 5.71.